The van der Waals surface area contributed by atoms with Gasteiger partial charge in [0, 0.05) is 6.42 Å². The van der Waals surface area contributed by atoms with Gasteiger partial charge in [-0.25, -0.2) is 5.43 Å². The highest BCUT2D eigenvalue weighted by Gasteiger charge is 2.02. The average molecular weight is 324 g/mol. The molecule has 4 heteroatoms. The molecule has 0 heterocycles. The zero-order chi connectivity index (χ0) is 17.4. The van der Waals surface area contributed by atoms with Crippen LogP contribution in [-0.2, 0) is 11.4 Å². The van der Waals surface area contributed by atoms with E-state index in [0.717, 1.165) is 16.9 Å². The summed E-state index contributed by atoms with van der Waals surface area (Å²) in [6, 6.07) is 15.9. The zero-order valence-corrected chi connectivity index (χ0v) is 14.5. The second-order valence-electron chi connectivity index (χ2n) is 6.23. The van der Waals surface area contributed by atoms with Crippen LogP contribution < -0.4 is 10.2 Å². The number of hydrogen-bond donors (Lipinski definition) is 1. The Morgan fingerprint density at radius 1 is 1.12 bits per heavy atom. The minimum atomic E-state index is -0.0701. The van der Waals surface area contributed by atoms with Crippen LogP contribution in [0.25, 0.3) is 0 Å². The van der Waals surface area contributed by atoms with E-state index in [1.807, 2.05) is 38.1 Å². The molecule has 4 nitrogen and oxygen atoms in total. The molecular weight excluding hydrogens is 300 g/mol. The lowest BCUT2D eigenvalue weighted by molar-refractivity contribution is -0.121. The molecule has 0 unspecified atom stereocenters. The number of rotatable bonds is 7. The van der Waals surface area contributed by atoms with Crippen molar-refractivity contribution in [3.05, 3.63) is 65.2 Å². The van der Waals surface area contributed by atoms with E-state index >= 15 is 0 Å². The summed E-state index contributed by atoms with van der Waals surface area (Å²) in [5.41, 5.74) is 5.81. The Morgan fingerprint density at radius 2 is 1.79 bits per heavy atom. The standard InChI is InChI=1S/C20H24N2O2/c1-15(2)12-20(23)22-21-13-17-8-10-19(11-9-17)24-14-18-6-4-16(3)5-7-18/h4-11,13,15H,12,14H2,1-3H3,(H,22,23)/b21-13-. The molecule has 24 heavy (non-hydrogen) atoms. The van der Waals surface area contributed by atoms with E-state index in [9.17, 15) is 4.79 Å². The lowest BCUT2D eigenvalue weighted by atomic mass is 10.1. The van der Waals surface area contributed by atoms with Crippen LogP contribution in [0.3, 0.4) is 0 Å². The van der Waals surface area contributed by atoms with Gasteiger partial charge in [0.05, 0.1) is 6.21 Å². The fourth-order valence-electron chi connectivity index (χ4n) is 2.10. The topological polar surface area (TPSA) is 50.7 Å². The predicted octanol–water partition coefficient (Wildman–Crippen LogP) is 4.07. The molecule has 1 N–H and O–H groups in total. The minimum Gasteiger partial charge on any atom is -0.489 e. The van der Waals surface area contributed by atoms with E-state index < -0.39 is 0 Å². The molecule has 2 rings (SSSR count). The largest absolute Gasteiger partial charge is 0.489 e. The molecule has 0 radical (unpaired) electrons. The van der Waals surface area contributed by atoms with Crippen LogP contribution >= 0.6 is 0 Å². The normalized spacial score (nSPS) is 11.0. The summed E-state index contributed by atoms with van der Waals surface area (Å²) in [5, 5.41) is 3.96. The summed E-state index contributed by atoms with van der Waals surface area (Å²) < 4.78 is 5.76. The Labute approximate surface area is 143 Å². The lowest BCUT2D eigenvalue weighted by Gasteiger charge is -2.07. The van der Waals surface area contributed by atoms with E-state index in [1.54, 1.807) is 6.21 Å². The number of carbonyl (C=O) groups excluding carboxylic acids is 1. The molecule has 1 amide bonds. The Kier molecular flexibility index (Phi) is 6.55. The van der Waals surface area contributed by atoms with Crippen LogP contribution in [0.15, 0.2) is 53.6 Å². The molecular formula is C20H24N2O2. The van der Waals surface area contributed by atoms with Gasteiger partial charge in [-0.15, -0.1) is 0 Å². The maximum atomic E-state index is 11.5. The number of carbonyl (C=O) groups is 1. The van der Waals surface area contributed by atoms with Gasteiger partial charge in [0.15, 0.2) is 0 Å². The number of hydrogen-bond acceptors (Lipinski definition) is 3. The minimum absolute atomic E-state index is 0.0701. The predicted molar refractivity (Wildman–Crippen MR) is 97.1 cm³/mol. The molecule has 0 saturated heterocycles. The van der Waals surface area contributed by atoms with Crippen LogP contribution in [0, 0.1) is 12.8 Å². The fourth-order valence-corrected chi connectivity index (χ4v) is 2.10. The van der Waals surface area contributed by atoms with Crippen molar-refractivity contribution in [3.63, 3.8) is 0 Å². The summed E-state index contributed by atoms with van der Waals surface area (Å²) in [7, 11) is 0. The smallest absolute Gasteiger partial charge is 0.240 e. The Hall–Kier alpha value is -2.62. The number of benzene rings is 2. The summed E-state index contributed by atoms with van der Waals surface area (Å²) in [6.45, 7) is 6.60. The van der Waals surface area contributed by atoms with Crippen molar-refractivity contribution in [3.8, 4) is 5.75 Å². The molecule has 0 saturated carbocycles. The van der Waals surface area contributed by atoms with Crippen LogP contribution in [0.5, 0.6) is 5.75 Å². The first kappa shape index (κ1) is 17.7. The quantitative estimate of drug-likeness (QED) is 0.616. The second kappa shape index (κ2) is 8.87. The van der Waals surface area contributed by atoms with Gasteiger partial charge in [-0.1, -0.05) is 43.7 Å². The molecule has 0 aliphatic rings. The molecule has 0 aliphatic heterocycles. The zero-order valence-electron chi connectivity index (χ0n) is 14.5. The molecule has 0 bridgehead atoms. The van der Waals surface area contributed by atoms with Crippen LogP contribution in [0.4, 0.5) is 0 Å². The van der Waals surface area contributed by atoms with Crippen LogP contribution in [0.2, 0.25) is 0 Å². The third kappa shape index (κ3) is 6.24. The van der Waals surface area contributed by atoms with Gasteiger partial charge in [-0.2, -0.15) is 5.10 Å². The summed E-state index contributed by atoms with van der Waals surface area (Å²) in [6.07, 6.45) is 2.10. The molecule has 0 spiro atoms. The van der Waals surface area contributed by atoms with Crippen molar-refractivity contribution in [2.45, 2.75) is 33.8 Å². The number of nitrogens with one attached hydrogen (secondary N) is 1. The number of hydrazone groups is 1. The second-order valence-corrected chi connectivity index (χ2v) is 6.23. The molecule has 2 aromatic rings. The molecule has 0 aliphatic carbocycles. The SMILES string of the molecule is Cc1ccc(COc2ccc(/C=N\NC(=O)CC(C)C)cc2)cc1. The van der Waals surface area contributed by atoms with Gasteiger partial charge in [-0.3, -0.25) is 4.79 Å². The molecule has 0 aromatic heterocycles. The molecule has 126 valence electrons. The van der Waals surface area contributed by atoms with Gasteiger partial charge in [0.25, 0.3) is 0 Å². The molecule has 0 atom stereocenters. The lowest BCUT2D eigenvalue weighted by Crippen LogP contribution is -2.19. The number of nitrogens with zero attached hydrogens (tertiary/aromatic N) is 1. The first-order valence-corrected chi connectivity index (χ1v) is 8.13. The summed E-state index contributed by atoms with van der Waals surface area (Å²) >= 11 is 0. The third-order valence-electron chi connectivity index (χ3n) is 3.40. The van der Waals surface area contributed by atoms with Gasteiger partial charge in [-0.05, 0) is 48.2 Å². The first-order chi connectivity index (χ1) is 11.5. The van der Waals surface area contributed by atoms with Gasteiger partial charge in [0.1, 0.15) is 12.4 Å². The maximum Gasteiger partial charge on any atom is 0.240 e. The maximum absolute atomic E-state index is 11.5. The van der Waals surface area contributed by atoms with E-state index in [4.69, 9.17) is 4.74 Å². The monoisotopic (exact) mass is 324 g/mol. The van der Waals surface area contributed by atoms with Crippen LogP contribution in [-0.4, -0.2) is 12.1 Å². The number of aryl methyl sites for hydroxylation is 1. The average Bonchev–Trinajstić information content (AvgIpc) is 2.55. The van der Waals surface area contributed by atoms with Crippen molar-refractivity contribution in [1.29, 1.82) is 0 Å². The van der Waals surface area contributed by atoms with E-state index in [-0.39, 0.29) is 5.91 Å². The number of amides is 1. The Balaban J connectivity index is 1.82. The van der Waals surface area contributed by atoms with Gasteiger partial charge >= 0.3 is 0 Å². The highest BCUT2D eigenvalue weighted by molar-refractivity contribution is 5.82. The van der Waals surface area contributed by atoms with Crippen molar-refractivity contribution in [2.75, 3.05) is 0 Å². The van der Waals surface area contributed by atoms with Crippen molar-refractivity contribution >= 4 is 12.1 Å². The summed E-state index contributed by atoms with van der Waals surface area (Å²) in [4.78, 5) is 11.5. The van der Waals surface area contributed by atoms with Crippen molar-refractivity contribution in [1.82, 2.24) is 5.43 Å². The highest BCUT2D eigenvalue weighted by Crippen LogP contribution is 2.14. The van der Waals surface area contributed by atoms with E-state index in [1.165, 1.54) is 5.56 Å². The summed E-state index contributed by atoms with van der Waals surface area (Å²) in [5.74, 6) is 1.06. The van der Waals surface area contributed by atoms with Crippen molar-refractivity contribution in [2.24, 2.45) is 11.0 Å². The molecule has 0 fully saturated rings. The van der Waals surface area contributed by atoms with Crippen LogP contribution in [0.1, 0.15) is 37.0 Å². The number of ether oxygens (including phenoxy) is 1. The third-order valence-corrected chi connectivity index (χ3v) is 3.40. The Bertz CT molecular complexity index is 674. The van der Waals surface area contributed by atoms with Crippen molar-refractivity contribution < 1.29 is 9.53 Å². The fraction of sp³-hybridized carbons (Fsp3) is 0.300. The van der Waals surface area contributed by atoms with E-state index in [2.05, 4.69) is 41.7 Å². The van der Waals surface area contributed by atoms with E-state index in [0.29, 0.717) is 18.9 Å². The van der Waals surface area contributed by atoms with Gasteiger partial charge in [0.2, 0.25) is 5.91 Å². The van der Waals surface area contributed by atoms with Gasteiger partial charge < -0.3 is 4.74 Å². The first-order valence-electron chi connectivity index (χ1n) is 8.13. The molecule has 2 aromatic carbocycles. The highest BCUT2D eigenvalue weighted by atomic mass is 16.5. The Morgan fingerprint density at radius 3 is 2.42 bits per heavy atom.